The van der Waals surface area contributed by atoms with Crippen LogP contribution in [-0.4, -0.2) is 22.7 Å². The molecule has 1 heterocycles. The Bertz CT molecular complexity index is 485. The van der Waals surface area contributed by atoms with Gasteiger partial charge in [-0.2, -0.15) is 0 Å². The van der Waals surface area contributed by atoms with E-state index < -0.39 is 0 Å². The minimum absolute atomic E-state index is 0.0463. The fraction of sp³-hybridized carbons (Fsp3) is 0.333. The van der Waals surface area contributed by atoms with Gasteiger partial charge in [-0.25, -0.2) is 0 Å². The second-order valence-electron chi connectivity index (χ2n) is 3.94. The first-order valence-corrected chi connectivity index (χ1v) is 5.90. The summed E-state index contributed by atoms with van der Waals surface area (Å²) in [5.41, 5.74) is 1.67. The number of aryl methyl sites for hydroxylation is 1. The Kier molecular flexibility index (Phi) is 3.33. The lowest BCUT2D eigenvalue weighted by molar-refractivity contribution is -0.116. The fourth-order valence-electron chi connectivity index (χ4n) is 1.86. The molecule has 5 heteroatoms. The number of alkyl halides is 1. The van der Waals surface area contributed by atoms with Crippen LogP contribution in [0.4, 0.5) is 5.69 Å². The number of anilines is 1. The van der Waals surface area contributed by atoms with Crippen LogP contribution in [0.5, 0.6) is 5.75 Å². The molecule has 0 fully saturated rings. The van der Waals surface area contributed by atoms with Crippen molar-refractivity contribution in [2.24, 2.45) is 0 Å². The number of hydrogen-bond donors (Lipinski definition) is 2. The maximum absolute atomic E-state index is 11.7. The number of ketones is 1. The van der Waals surface area contributed by atoms with Crippen LogP contribution in [0.15, 0.2) is 12.1 Å². The minimum Gasteiger partial charge on any atom is -0.507 e. The summed E-state index contributed by atoms with van der Waals surface area (Å²) >= 11 is 5.49. The van der Waals surface area contributed by atoms with Crippen LogP contribution in [0, 0.1) is 0 Å². The maximum atomic E-state index is 11.7. The topological polar surface area (TPSA) is 66.4 Å². The van der Waals surface area contributed by atoms with Crippen LogP contribution in [0.3, 0.4) is 0 Å². The van der Waals surface area contributed by atoms with Crippen molar-refractivity contribution in [3.63, 3.8) is 0 Å². The molecule has 0 atom stereocenters. The molecule has 0 bridgehead atoms. The number of halogens is 1. The van der Waals surface area contributed by atoms with Gasteiger partial charge in [0.15, 0.2) is 5.78 Å². The fourth-order valence-corrected chi connectivity index (χ4v) is 2.03. The molecule has 0 unspecified atom stereocenters. The summed E-state index contributed by atoms with van der Waals surface area (Å²) in [5.74, 6) is -0.129. The van der Waals surface area contributed by atoms with Gasteiger partial charge in [0.25, 0.3) is 0 Å². The Hall–Kier alpha value is -1.55. The van der Waals surface area contributed by atoms with E-state index in [1.165, 1.54) is 12.1 Å². The first-order valence-electron chi connectivity index (χ1n) is 5.36. The first kappa shape index (κ1) is 11.9. The average molecular weight is 254 g/mol. The highest BCUT2D eigenvalue weighted by atomic mass is 35.5. The van der Waals surface area contributed by atoms with Crippen molar-refractivity contribution in [2.45, 2.75) is 19.3 Å². The van der Waals surface area contributed by atoms with Crippen LogP contribution in [0.2, 0.25) is 0 Å². The number of aromatic hydroxyl groups is 1. The number of rotatable bonds is 3. The van der Waals surface area contributed by atoms with Gasteiger partial charge in [0, 0.05) is 24.4 Å². The second-order valence-corrected chi connectivity index (χ2v) is 4.31. The summed E-state index contributed by atoms with van der Waals surface area (Å²) in [4.78, 5) is 22.9. The number of carbonyl (C=O) groups excluding carboxylic acids is 2. The first-order chi connectivity index (χ1) is 8.11. The normalized spacial score (nSPS) is 14.1. The monoisotopic (exact) mass is 253 g/mol. The molecule has 2 N–H and O–H groups in total. The Morgan fingerprint density at radius 2 is 2.18 bits per heavy atom. The van der Waals surface area contributed by atoms with Crippen LogP contribution in [0.25, 0.3) is 0 Å². The molecule has 0 radical (unpaired) electrons. The SMILES string of the molecule is O=C1CCc2cc(O)c(C(=O)CCCl)cc2N1. The van der Waals surface area contributed by atoms with Gasteiger partial charge in [-0.15, -0.1) is 11.6 Å². The van der Waals surface area contributed by atoms with Crippen molar-refractivity contribution in [3.8, 4) is 5.75 Å². The third kappa shape index (κ3) is 2.42. The number of amides is 1. The number of nitrogens with one attached hydrogen (secondary N) is 1. The van der Waals surface area contributed by atoms with E-state index in [0.717, 1.165) is 5.56 Å². The third-order valence-electron chi connectivity index (χ3n) is 2.74. The molecule has 0 aliphatic carbocycles. The smallest absolute Gasteiger partial charge is 0.224 e. The van der Waals surface area contributed by atoms with Crippen molar-refractivity contribution in [3.05, 3.63) is 23.3 Å². The predicted octanol–water partition coefficient (Wildman–Crippen LogP) is 2.09. The Morgan fingerprint density at radius 3 is 2.88 bits per heavy atom. The summed E-state index contributed by atoms with van der Waals surface area (Å²) in [6.45, 7) is 0. The predicted molar refractivity (Wildman–Crippen MR) is 64.7 cm³/mol. The van der Waals surface area contributed by atoms with E-state index in [2.05, 4.69) is 5.32 Å². The highest BCUT2D eigenvalue weighted by Gasteiger charge is 2.19. The molecule has 4 nitrogen and oxygen atoms in total. The Morgan fingerprint density at radius 1 is 1.41 bits per heavy atom. The Balaban J connectivity index is 2.38. The molecule has 2 rings (SSSR count). The zero-order valence-electron chi connectivity index (χ0n) is 9.12. The van der Waals surface area contributed by atoms with E-state index >= 15 is 0 Å². The Labute approximate surface area is 104 Å². The van der Waals surface area contributed by atoms with Crippen molar-refractivity contribution < 1.29 is 14.7 Å². The van der Waals surface area contributed by atoms with Crippen molar-refractivity contribution in [2.75, 3.05) is 11.2 Å². The van der Waals surface area contributed by atoms with Crippen LogP contribution in [0.1, 0.15) is 28.8 Å². The molecule has 0 saturated heterocycles. The zero-order valence-corrected chi connectivity index (χ0v) is 9.88. The summed E-state index contributed by atoms with van der Waals surface area (Å²) in [7, 11) is 0. The zero-order chi connectivity index (χ0) is 12.4. The number of carbonyl (C=O) groups is 2. The van der Waals surface area contributed by atoms with Gasteiger partial charge < -0.3 is 10.4 Å². The molecular formula is C12H12ClNO3. The lowest BCUT2D eigenvalue weighted by atomic mass is 9.98. The molecule has 0 saturated carbocycles. The summed E-state index contributed by atoms with van der Waals surface area (Å²) in [5, 5.41) is 12.4. The molecule has 1 aromatic rings. The van der Waals surface area contributed by atoms with Crippen LogP contribution >= 0.6 is 11.6 Å². The largest absolute Gasteiger partial charge is 0.507 e. The van der Waals surface area contributed by atoms with Crippen molar-refractivity contribution in [1.29, 1.82) is 0 Å². The summed E-state index contributed by atoms with van der Waals surface area (Å²) in [6.07, 6.45) is 1.15. The quantitative estimate of drug-likeness (QED) is 0.492. The number of Topliss-reactive ketones (excluding diaryl/α,β-unsaturated/α-hetero) is 1. The van der Waals surface area contributed by atoms with Gasteiger partial charge in [0.05, 0.1) is 5.56 Å². The van der Waals surface area contributed by atoms with Crippen molar-refractivity contribution >= 4 is 29.0 Å². The van der Waals surface area contributed by atoms with E-state index in [9.17, 15) is 14.7 Å². The van der Waals surface area contributed by atoms with Crippen LogP contribution < -0.4 is 5.32 Å². The molecule has 1 aliphatic rings. The molecule has 1 amide bonds. The maximum Gasteiger partial charge on any atom is 0.224 e. The number of hydrogen-bond acceptors (Lipinski definition) is 3. The summed E-state index contributed by atoms with van der Waals surface area (Å²) in [6, 6.07) is 3.06. The molecule has 0 spiro atoms. The van der Waals surface area contributed by atoms with Crippen LogP contribution in [-0.2, 0) is 11.2 Å². The minimum atomic E-state index is -0.222. The lowest BCUT2D eigenvalue weighted by Gasteiger charge is -2.18. The molecule has 90 valence electrons. The number of benzene rings is 1. The highest BCUT2D eigenvalue weighted by molar-refractivity contribution is 6.19. The van der Waals surface area contributed by atoms with Gasteiger partial charge in [-0.05, 0) is 24.1 Å². The second kappa shape index (κ2) is 4.75. The van der Waals surface area contributed by atoms with E-state index in [-0.39, 0.29) is 35.3 Å². The van der Waals surface area contributed by atoms with Gasteiger partial charge in [0.2, 0.25) is 5.91 Å². The molecule has 17 heavy (non-hydrogen) atoms. The molecule has 1 aliphatic heterocycles. The highest BCUT2D eigenvalue weighted by Crippen LogP contribution is 2.30. The van der Waals surface area contributed by atoms with Gasteiger partial charge in [-0.1, -0.05) is 0 Å². The average Bonchev–Trinajstić information content (AvgIpc) is 2.29. The van der Waals surface area contributed by atoms with Gasteiger partial charge in [-0.3, -0.25) is 9.59 Å². The molecule has 0 aromatic heterocycles. The van der Waals surface area contributed by atoms with Gasteiger partial charge in [0.1, 0.15) is 5.75 Å². The summed E-state index contributed by atoms with van der Waals surface area (Å²) < 4.78 is 0. The van der Waals surface area contributed by atoms with Crippen molar-refractivity contribution in [1.82, 2.24) is 0 Å². The number of phenols is 1. The molecule has 1 aromatic carbocycles. The van der Waals surface area contributed by atoms with E-state index in [1.54, 1.807) is 0 Å². The third-order valence-corrected chi connectivity index (χ3v) is 2.93. The standard InChI is InChI=1S/C12H12ClNO3/c13-4-3-10(15)8-6-9-7(5-11(8)16)1-2-12(17)14-9/h5-6,16H,1-4H2,(H,14,17). The van der Waals surface area contributed by atoms with E-state index in [0.29, 0.717) is 18.5 Å². The van der Waals surface area contributed by atoms with E-state index in [1.807, 2.05) is 0 Å². The number of fused-ring (bicyclic) bond motifs is 1. The van der Waals surface area contributed by atoms with Gasteiger partial charge >= 0.3 is 0 Å². The van der Waals surface area contributed by atoms with E-state index in [4.69, 9.17) is 11.6 Å². The number of phenolic OH excluding ortho intramolecular Hbond substituents is 1. The lowest BCUT2D eigenvalue weighted by Crippen LogP contribution is -2.19. The molecular weight excluding hydrogens is 242 g/mol.